The number of amides is 1. The second-order valence-corrected chi connectivity index (χ2v) is 7.80. The van der Waals surface area contributed by atoms with Gasteiger partial charge >= 0.3 is 0 Å². The van der Waals surface area contributed by atoms with E-state index in [2.05, 4.69) is 24.1 Å². The number of nitrogens with one attached hydrogen (secondary N) is 1. The van der Waals surface area contributed by atoms with Gasteiger partial charge in [-0.15, -0.1) is 0 Å². The second kappa shape index (κ2) is 5.67. The third-order valence-corrected chi connectivity index (χ3v) is 5.66. The Labute approximate surface area is 123 Å². The molecule has 2 atom stereocenters. The number of hydrogen-bond acceptors (Lipinski definition) is 2. The summed E-state index contributed by atoms with van der Waals surface area (Å²) in [4.78, 5) is 15.3. The maximum atomic E-state index is 13.0. The lowest BCUT2D eigenvalue weighted by molar-refractivity contribution is -0.139. The highest BCUT2D eigenvalue weighted by molar-refractivity contribution is 5.80. The van der Waals surface area contributed by atoms with Crippen molar-refractivity contribution in [2.75, 3.05) is 13.1 Å². The molecule has 3 fully saturated rings. The minimum atomic E-state index is 0.213. The molecule has 0 aromatic heterocycles. The van der Waals surface area contributed by atoms with Gasteiger partial charge in [-0.2, -0.15) is 0 Å². The molecule has 3 rings (SSSR count). The van der Waals surface area contributed by atoms with Gasteiger partial charge in [0, 0.05) is 24.5 Å². The van der Waals surface area contributed by atoms with Crippen molar-refractivity contribution in [1.29, 1.82) is 0 Å². The smallest absolute Gasteiger partial charge is 0.226 e. The van der Waals surface area contributed by atoms with Gasteiger partial charge in [0.05, 0.1) is 0 Å². The van der Waals surface area contributed by atoms with Crippen LogP contribution in [0.1, 0.15) is 65.2 Å². The third kappa shape index (κ3) is 3.03. The van der Waals surface area contributed by atoms with Gasteiger partial charge in [-0.3, -0.25) is 4.79 Å². The fourth-order valence-corrected chi connectivity index (χ4v) is 4.11. The summed E-state index contributed by atoms with van der Waals surface area (Å²) in [5.74, 6) is 0.731. The van der Waals surface area contributed by atoms with E-state index in [9.17, 15) is 4.79 Å². The zero-order valence-corrected chi connectivity index (χ0v) is 13.2. The van der Waals surface area contributed by atoms with Crippen LogP contribution in [-0.2, 0) is 4.79 Å². The van der Waals surface area contributed by atoms with Crippen molar-refractivity contribution < 1.29 is 4.79 Å². The van der Waals surface area contributed by atoms with Crippen molar-refractivity contribution in [3.8, 4) is 0 Å². The summed E-state index contributed by atoms with van der Waals surface area (Å²) in [5.41, 5.74) is 0.213. The van der Waals surface area contributed by atoms with Gasteiger partial charge in [0.25, 0.3) is 0 Å². The monoisotopic (exact) mass is 278 g/mol. The Kier molecular flexibility index (Phi) is 4.07. The average molecular weight is 278 g/mol. The van der Waals surface area contributed by atoms with E-state index in [0.717, 1.165) is 19.5 Å². The molecule has 2 aliphatic carbocycles. The number of piperidine rings is 1. The molecule has 0 radical (unpaired) electrons. The largest absolute Gasteiger partial charge is 0.338 e. The van der Waals surface area contributed by atoms with Crippen molar-refractivity contribution in [1.82, 2.24) is 10.2 Å². The predicted octanol–water partition coefficient (Wildman–Crippen LogP) is 2.95. The first-order chi connectivity index (χ1) is 9.58. The summed E-state index contributed by atoms with van der Waals surface area (Å²) in [5, 5.41) is 3.60. The molecule has 0 bridgehead atoms. The molecule has 1 amide bonds. The first kappa shape index (κ1) is 14.4. The van der Waals surface area contributed by atoms with Gasteiger partial charge in [0.1, 0.15) is 0 Å². The minimum absolute atomic E-state index is 0.213. The van der Waals surface area contributed by atoms with Crippen LogP contribution in [0.15, 0.2) is 0 Å². The summed E-state index contributed by atoms with van der Waals surface area (Å²) < 4.78 is 0. The molecule has 0 spiro atoms. The zero-order valence-electron chi connectivity index (χ0n) is 13.2. The van der Waals surface area contributed by atoms with E-state index in [-0.39, 0.29) is 11.3 Å². The Morgan fingerprint density at radius 3 is 2.50 bits per heavy atom. The second-order valence-electron chi connectivity index (χ2n) is 7.80. The van der Waals surface area contributed by atoms with Crippen LogP contribution in [0.4, 0.5) is 0 Å². The molecule has 0 aromatic carbocycles. The molecule has 0 aromatic rings. The quantitative estimate of drug-likeness (QED) is 0.857. The van der Waals surface area contributed by atoms with Crippen LogP contribution in [0.25, 0.3) is 0 Å². The maximum absolute atomic E-state index is 13.0. The Hall–Kier alpha value is -0.570. The fraction of sp³-hybridized carbons (Fsp3) is 0.941. The van der Waals surface area contributed by atoms with Gasteiger partial charge < -0.3 is 10.2 Å². The Bertz CT molecular complexity index is 356. The van der Waals surface area contributed by atoms with Crippen molar-refractivity contribution in [2.24, 2.45) is 11.3 Å². The number of hydrogen-bond donors (Lipinski definition) is 1. The molecule has 20 heavy (non-hydrogen) atoms. The third-order valence-electron chi connectivity index (χ3n) is 5.66. The summed E-state index contributed by atoms with van der Waals surface area (Å²) >= 11 is 0. The van der Waals surface area contributed by atoms with Gasteiger partial charge in [0.2, 0.25) is 5.91 Å². The van der Waals surface area contributed by atoms with E-state index in [4.69, 9.17) is 0 Å². The molecule has 3 heteroatoms. The summed E-state index contributed by atoms with van der Waals surface area (Å²) in [6, 6.07) is 1.10. The van der Waals surface area contributed by atoms with Gasteiger partial charge in [-0.25, -0.2) is 0 Å². The van der Waals surface area contributed by atoms with Crippen LogP contribution in [0.2, 0.25) is 0 Å². The maximum Gasteiger partial charge on any atom is 0.226 e. The van der Waals surface area contributed by atoms with E-state index >= 15 is 0 Å². The molecule has 2 unspecified atom stereocenters. The van der Waals surface area contributed by atoms with Gasteiger partial charge in [-0.1, -0.05) is 26.7 Å². The standard InChI is InChI=1S/C17H30N2O/c1-17(2)10-5-7-15(17)16(20)19(14-8-9-14)12-13-6-3-4-11-18-13/h13-15,18H,3-12H2,1-2H3. The highest BCUT2D eigenvalue weighted by atomic mass is 16.2. The lowest BCUT2D eigenvalue weighted by atomic mass is 9.81. The predicted molar refractivity (Wildman–Crippen MR) is 81.5 cm³/mol. The Balaban J connectivity index is 1.65. The fourth-order valence-electron chi connectivity index (χ4n) is 4.11. The minimum Gasteiger partial charge on any atom is -0.338 e. The highest BCUT2D eigenvalue weighted by Crippen LogP contribution is 2.44. The van der Waals surface area contributed by atoms with Crippen molar-refractivity contribution in [3.63, 3.8) is 0 Å². The SMILES string of the molecule is CC1(C)CCCC1C(=O)N(CC1CCCCN1)C1CC1. The lowest BCUT2D eigenvalue weighted by Crippen LogP contribution is -2.49. The summed E-state index contributed by atoms with van der Waals surface area (Å²) in [7, 11) is 0. The lowest BCUT2D eigenvalue weighted by Gasteiger charge is -2.35. The molecule has 3 aliphatic rings. The molecular weight excluding hydrogens is 248 g/mol. The number of carbonyl (C=O) groups is 1. The summed E-state index contributed by atoms with van der Waals surface area (Å²) in [6.07, 6.45) is 9.85. The molecule has 3 nitrogen and oxygen atoms in total. The Morgan fingerprint density at radius 2 is 1.95 bits per heavy atom. The highest BCUT2D eigenvalue weighted by Gasteiger charge is 2.44. The van der Waals surface area contributed by atoms with Crippen LogP contribution in [0.5, 0.6) is 0 Å². The van der Waals surface area contributed by atoms with E-state index < -0.39 is 0 Å². The zero-order chi connectivity index (χ0) is 14.2. The number of carbonyl (C=O) groups excluding carboxylic acids is 1. The molecule has 1 heterocycles. The van der Waals surface area contributed by atoms with Crippen molar-refractivity contribution in [3.05, 3.63) is 0 Å². The normalized spacial score (nSPS) is 33.1. The molecule has 114 valence electrons. The van der Waals surface area contributed by atoms with E-state index in [1.807, 2.05) is 0 Å². The molecule has 1 saturated heterocycles. The van der Waals surface area contributed by atoms with Gasteiger partial charge in [-0.05, 0) is 50.5 Å². The van der Waals surface area contributed by atoms with E-state index in [0.29, 0.717) is 18.0 Å². The van der Waals surface area contributed by atoms with Crippen LogP contribution >= 0.6 is 0 Å². The first-order valence-corrected chi connectivity index (χ1v) is 8.62. The Morgan fingerprint density at radius 1 is 1.15 bits per heavy atom. The summed E-state index contributed by atoms with van der Waals surface area (Å²) in [6.45, 7) is 6.65. The van der Waals surface area contributed by atoms with Crippen LogP contribution in [0.3, 0.4) is 0 Å². The molecule has 1 N–H and O–H groups in total. The van der Waals surface area contributed by atoms with Crippen LogP contribution in [-0.4, -0.2) is 36.0 Å². The van der Waals surface area contributed by atoms with Gasteiger partial charge in [0.15, 0.2) is 0 Å². The first-order valence-electron chi connectivity index (χ1n) is 8.62. The van der Waals surface area contributed by atoms with Crippen molar-refractivity contribution >= 4 is 5.91 Å². The number of rotatable bonds is 4. The van der Waals surface area contributed by atoms with E-state index in [1.54, 1.807) is 0 Å². The molecule has 1 aliphatic heterocycles. The molecular formula is C17H30N2O. The topological polar surface area (TPSA) is 32.3 Å². The molecule has 2 saturated carbocycles. The van der Waals surface area contributed by atoms with Crippen molar-refractivity contribution in [2.45, 2.75) is 77.3 Å². The van der Waals surface area contributed by atoms with E-state index in [1.165, 1.54) is 44.9 Å². The van der Waals surface area contributed by atoms with Crippen LogP contribution in [0, 0.1) is 11.3 Å². The van der Waals surface area contributed by atoms with Crippen LogP contribution < -0.4 is 5.32 Å². The number of nitrogens with zero attached hydrogens (tertiary/aromatic N) is 1. The average Bonchev–Trinajstić information content (AvgIpc) is 3.20.